The molecule has 1 spiro atoms. The van der Waals surface area contributed by atoms with Gasteiger partial charge in [-0.2, -0.15) is 0 Å². The van der Waals surface area contributed by atoms with Crippen LogP contribution in [0.15, 0.2) is 24.3 Å². The lowest BCUT2D eigenvalue weighted by Gasteiger charge is -2.38. The normalized spacial score (nSPS) is 22.3. The minimum absolute atomic E-state index is 0.184. The van der Waals surface area contributed by atoms with Crippen LogP contribution >= 0.6 is 11.6 Å². The average molecular weight is 267 g/mol. The van der Waals surface area contributed by atoms with E-state index in [2.05, 4.69) is 5.32 Å². The largest absolute Gasteiger partial charge is 0.447 e. The molecule has 0 unspecified atom stereocenters. The number of halogens is 1. The molecule has 2 saturated heterocycles. The highest BCUT2D eigenvalue weighted by molar-refractivity contribution is 6.30. The summed E-state index contributed by atoms with van der Waals surface area (Å²) in [5.41, 5.74) is 0.680. The molecule has 2 fully saturated rings. The van der Waals surface area contributed by atoms with Crippen molar-refractivity contribution in [1.29, 1.82) is 0 Å². The van der Waals surface area contributed by atoms with Crippen molar-refractivity contribution in [3.05, 3.63) is 29.3 Å². The van der Waals surface area contributed by atoms with Crippen molar-refractivity contribution in [2.75, 3.05) is 24.6 Å². The van der Waals surface area contributed by atoms with Gasteiger partial charge in [-0.15, -0.1) is 0 Å². The zero-order chi connectivity index (χ0) is 12.6. The van der Waals surface area contributed by atoms with Crippen LogP contribution in [0.5, 0.6) is 0 Å². The van der Waals surface area contributed by atoms with E-state index in [1.165, 1.54) is 0 Å². The Morgan fingerprint density at radius 1 is 1.22 bits per heavy atom. The Morgan fingerprint density at radius 3 is 2.56 bits per heavy atom. The van der Waals surface area contributed by atoms with Gasteiger partial charge in [0.05, 0.1) is 5.54 Å². The first-order chi connectivity index (χ1) is 8.71. The molecule has 2 aliphatic rings. The number of nitrogens with zero attached hydrogens (tertiary/aromatic N) is 1. The quantitative estimate of drug-likeness (QED) is 0.849. The molecule has 1 aromatic rings. The van der Waals surface area contributed by atoms with E-state index in [9.17, 15) is 4.79 Å². The molecule has 0 aromatic heterocycles. The molecule has 3 rings (SSSR count). The van der Waals surface area contributed by atoms with Crippen molar-refractivity contribution in [1.82, 2.24) is 5.32 Å². The second kappa shape index (κ2) is 4.44. The van der Waals surface area contributed by atoms with Crippen molar-refractivity contribution in [2.45, 2.75) is 18.4 Å². The molecule has 1 aromatic carbocycles. The SMILES string of the molecule is O=C1OCC2(CCNCC2)N1c1ccc(Cl)cc1. The molecule has 2 aliphatic heterocycles. The maximum atomic E-state index is 12.0. The number of ether oxygens (including phenoxy) is 1. The standard InChI is InChI=1S/C13H15ClN2O2/c14-10-1-3-11(4-2-10)16-12(17)18-9-13(16)5-7-15-8-6-13/h1-4,15H,5-9H2. The highest BCUT2D eigenvalue weighted by Gasteiger charge is 2.48. The number of amides is 1. The van der Waals surface area contributed by atoms with Gasteiger partial charge in [0.15, 0.2) is 0 Å². The number of piperidine rings is 1. The molecule has 0 radical (unpaired) electrons. The van der Waals surface area contributed by atoms with Crippen LogP contribution < -0.4 is 10.2 Å². The first-order valence-electron chi connectivity index (χ1n) is 6.15. The number of carbonyl (C=O) groups is 1. The van der Waals surface area contributed by atoms with Crippen LogP contribution in [0, 0.1) is 0 Å². The lowest BCUT2D eigenvalue weighted by atomic mass is 9.88. The van der Waals surface area contributed by atoms with Crippen LogP contribution in [0.25, 0.3) is 0 Å². The van der Waals surface area contributed by atoms with Gasteiger partial charge < -0.3 is 10.1 Å². The summed E-state index contributed by atoms with van der Waals surface area (Å²) in [7, 11) is 0. The molecule has 1 amide bonds. The Balaban J connectivity index is 1.96. The Morgan fingerprint density at radius 2 is 1.89 bits per heavy atom. The molecule has 2 heterocycles. The molecule has 0 atom stereocenters. The van der Waals surface area contributed by atoms with Gasteiger partial charge in [-0.1, -0.05) is 11.6 Å². The molecular weight excluding hydrogens is 252 g/mol. The smallest absolute Gasteiger partial charge is 0.415 e. The van der Waals surface area contributed by atoms with Gasteiger partial charge >= 0.3 is 6.09 Å². The summed E-state index contributed by atoms with van der Waals surface area (Å²) >= 11 is 5.89. The number of carbonyl (C=O) groups excluding carboxylic acids is 1. The Hall–Kier alpha value is -1.26. The van der Waals surface area contributed by atoms with Gasteiger partial charge in [0.1, 0.15) is 6.61 Å². The fraction of sp³-hybridized carbons (Fsp3) is 0.462. The third-order valence-corrected chi connectivity index (χ3v) is 3.99. The third kappa shape index (κ3) is 1.85. The lowest BCUT2D eigenvalue weighted by Crippen LogP contribution is -2.53. The molecule has 5 heteroatoms. The van der Waals surface area contributed by atoms with Crippen molar-refractivity contribution < 1.29 is 9.53 Å². The van der Waals surface area contributed by atoms with Gasteiger partial charge in [0.2, 0.25) is 0 Å². The molecule has 18 heavy (non-hydrogen) atoms. The predicted molar refractivity (Wildman–Crippen MR) is 70.1 cm³/mol. The summed E-state index contributed by atoms with van der Waals surface area (Å²) < 4.78 is 5.27. The summed E-state index contributed by atoms with van der Waals surface area (Å²) in [5.74, 6) is 0. The van der Waals surface area contributed by atoms with Gasteiger partial charge in [-0.05, 0) is 50.2 Å². The highest BCUT2D eigenvalue weighted by Crippen LogP contribution is 2.37. The van der Waals surface area contributed by atoms with E-state index < -0.39 is 0 Å². The summed E-state index contributed by atoms with van der Waals surface area (Å²) in [6, 6.07) is 7.35. The first kappa shape index (κ1) is 11.8. The van der Waals surface area contributed by atoms with Crippen LogP contribution in [0.3, 0.4) is 0 Å². The van der Waals surface area contributed by atoms with E-state index in [1.54, 1.807) is 17.0 Å². The summed E-state index contributed by atoms with van der Waals surface area (Å²) in [5, 5.41) is 3.99. The van der Waals surface area contributed by atoms with Gasteiger partial charge in [0.25, 0.3) is 0 Å². The van der Waals surface area contributed by atoms with Crippen LogP contribution in [0.2, 0.25) is 5.02 Å². The van der Waals surface area contributed by atoms with Crippen molar-refractivity contribution in [2.24, 2.45) is 0 Å². The first-order valence-corrected chi connectivity index (χ1v) is 6.52. The average Bonchev–Trinajstić information content (AvgIpc) is 2.69. The van der Waals surface area contributed by atoms with E-state index in [-0.39, 0.29) is 11.6 Å². The lowest BCUT2D eigenvalue weighted by molar-refractivity contribution is 0.167. The maximum Gasteiger partial charge on any atom is 0.415 e. The zero-order valence-corrected chi connectivity index (χ0v) is 10.7. The number of hydrogen-bond donors (Lipinski definition) is 1. The van der Waals surface area contributed by atoms with Crippen LogP contribution in [-0.4, -0.2) is 31.3 Å². The molecule has 0 aliphatic carbocycles. The Bertz CT molecular complexity index is 455. The molecule has 4 nitrogen and oxygen atoms in total. The monoisotopic (exact) mass is 266 g/mol. The van der Waals surface area contributed by atoms with Crippen LogP contribution in [0.1, 0.15) is 12.8 Å². The molecule has 0 saturated carbocycles. The fourth-order valence-electron chi connectivity index (χ4n) is 2.75. The van der Waals surface area contributed by atoms with Crippen LogP contribution in [0.4, 0.5) is 10.5 Å². The van der Waals surface area contributed by atoms with Gasteiger partial charge in [-0.25, -0.2) is 4.79 Å². The topological polar surface area (TPSA) is 41.6 Å². The summed E-state index contributed by atoms with van der Waals surface area (Å²) in [6.45, 7) is 2.32. The number of hydrogen-bond acceptors (Lipinski definition) is 3. The Kier molecular flexibility index (Phi) is 2.92. The predicted octanol–water partition coefficient (Wildman–Crippen LogP) is 2.42. The van der Waals surface area contributed by atoms with E-state index in [1.807, 2.05) is 12.1 Å². The minimum Gasteiger partial charge on any atom is -0.447 e. The molecule has 1 N–H and O–H groups in total. The zero-order valence-electron chi connectivity index (χ0n) is 9.99. The van der Waals surface area contributed by atoms with Crippen LogP contribution in [-0.2, 0) is 4.74 Å². The molecule has 0 bridgehead atoms. The van der Waals surface area contributed by atoms with E-state index in [0.29, 0.717) is 11.6 Å². The number of rotatable bonds is 1. The van der Waals surface area contributed by atoms with Gasteiger partial charge in [0, 0.05) is 10.7 Å². The van der Waals surface area contributed by atoms with Crippen molar-refractivity contribution in [3.63, 3.8) is 0 Å². The number of nitrogens with one attached hydrogen (secondary N) is 1. The number of cyclic esters (lactones) is 1. The second-order valence-corrected chi connectivity index (χ2v) is 5.28. The second-order valence-electron chi connectivity index (χ2n) is 4.84. The van der Waals surface area contributed by atoms with E-state index in [0.717, 1.165) is 31.6 Å². The third-order valence-electron chi connectivity index (χ3n) is 3.74. The maximum absolute atomic E-state index is 12.0. The van der Waals surface area contributed by atoms with Crippen molar-refractivity contribution in [3.8, 4) is 0 Å². The fourth-order valence-corrected chi connectivity index (χ4v) is 2.87. The minimum atomic E-state index is -0.251. The highest BCUT2D eigenvalue weighted by atomic mass is 35.5. The van der Waals surface area contributed by atoms with Crippen molar-refractivity contribution >= 4 is 23.4 Å². The van der Waals surface area contributed by atoms with E-state index in [4.69, 9.17) is 16.3 Å². The van der Waals surface area contributed by atoms with E-state index >= 15 is 0 Å². The number of benzene rings is 1. The molecular formula is C13H15ClN2O2. The number of anilines is 1. The summed E-state index contributed by atoms with van der Waals surface area (Å²) in [4.78, 5) is 13.8. The van der Waals surface area contributed by atoms with Gasteiger partial charge in [-0.3, -0.25) is 4.90 Å². The Labute approximate surface area is 111 Å². The summed E-state index contributed by atoms with van der Waals surface area (Å²) in [6.07, 6.45) is 1.59. The molecule has 96 valence electrons.